The van der Waals surface area contributed by atoms with E-state index >= 15 is 0 Å². The predicted octanol–water partition coefficient (Wildman–Crippen LogP) is 2.88. The molecule has 1 aromatic heterocycles. The molecule has 0 bridgehead atoms. The van der Waals surface area contributed by atoms with E-state index in [1.165, 1.54) is 24.3 Å². The molecule has 0 aliphatic heterocycles. The van der Waals surface area contributed by atoms with E-state index in [4.69, 9.17) is 17.3 Å². The standard InChI is InChI=1S/C13H12ClF3N4O/c14-10-5-11(21-12(18)20-10)19-6-9(22)7-3-1-2-4-8(7)13(15,16)17/h1-5,9,22H,6H2,(H3,18,19,20,21)/t9-/m1/s1. The molecule has 0 unspecified atom stereocenters. The lowest BCUT2D eigenvalue weighted by atomic mass is 10.0. The highest BCUT2D eigenvalue weighted by Gasteiger charge is 2.34. The normalized spacial score (nSPS) is 13.0. The molecule has 0 spiro atoms. The second kappa shape index (κ2) is 6.37. The molecular formula is C13H12ClF3N4O. The minimum Gasteiger partial charge on any atom is -0.387 e. The molecule has 0 fully saturated rings. The SMILES string of the molecule is Nc1nc(Cl)cc(NC[C@@H](O)c2ccccc2C(F)(F)F)n1. The van der Waals surface area contributed by atoms with Crippen molar-refractivity contribution in [2.45, 2.75) is 12.3 Å². The van der Waals surface area contributed by atoms with Gasteiger partial charge in [0.1, 0.15) is 11.0 Å². The largest absolute Gasteiger partial charge is 0.416 e. The maximum absolute atomic E-state index is 12.9. The second-order valence-electron chi connectivity index (χ2n) is 4.42. The van der Waals surface area contributed by atoms with Crippen molar-refractivity contribution in [3.05, 3.63) is 46.6 Å². The van der Waals surface area contributed by atoms with Crippen LogP contribution in [0, 0.1) is 0 Å². The summed E-state index contributed by atoms with van der Waals surface area (Å²) < 4.78 is 38.7. The van der Waals surface area contributed by atoms with E-state index in [2.05, 4.69) is 15.3 Å². The summed E-state index contributed by atoms with van der Waals surface area (Å²) in [4.78, 5) is 7.46. The molecule has 1 heterocycles. The molecule has 0 saturated heterocycles. The van der Waals surface area contributed by atoms with Crippen molar-refractivity contribution in [1.29, 1.82) is 0 Å². The Labute approximate surface area is 129 Å². The minimum absolute atomic E-state index is 0.0832. The third-order valence-corrected chi connectivity index (χ3v) is 3.01. The third-order valence-electron chi connectivity index (χ3n) is 2.81. The summed E-state index contributed by atoms with van der Waals surface area (Å²) in [6, 6.07) is 6.17. The van der Waals surface area contributed by atoms with Crippen molar-refractivity contribution >= 4 is 23.4 Å². The van der Waals surface area contributed by atoms with Gasteiger partial charge in [0.2, 0.25) is 5.95 Å². The Morgan fingerprint density at radius 2 is 1.95 bits per heavy atom. The summed E-state index contributed by atoms with van der Waals surface area (Å²) in [6.45, 7) is -0.195. The van der Waals surface area contributed by atoms with Crippen LogP contribution in [-0.2, 0) is 6.18 Å². The first-order valence-corrected chi connectivity index (χ1v) is 6.53. The molecule has 2 aromatic rings. The number of rotatable bonds is 4. The van der Waals surface area contributed by atoms with Crippen LogP contribution in [-0.4, -0.2) is 21.6 Å². The number of nitrogens with two attached hydrogens (primary N) is 1. The van der Waals surface area contributed by atoms with Crippen LogP contribution >= 0.6 is 11.6 Å². The fraction of sp³-hybridized carbons (Fsp3) is 0.231. The quantitative estimate of drug-likeness (QED) is 0.750. The van der Waals surface area contributed by atoms with Gasteiger partial charge in [0.25, 0.3) is 0 Å². The van der Waals surface area contributed by atoms with Gasteiger partial charge in [0, 0.05) is 12.6 Å². The van der Waals surface area contributed by atoms with Crippen LogP contribution in [0.1, 0.15) is 17.2 Å². The van der Waals surface area contributed by atoms with E-state index in [9.17, 15) is 18.3 Å². The minimum atomic E-state index is -4.54. The molecular weight excluding hydrogens is 321 g/mol. The van der Waals surface area contributed by atoms with Crippen LogP contribution in [0.4, 0.5) is 24.9 Å². The first kappa shape index (κ1) is 16.3. The van der Waals surface area contributed by atoms with Crippen LogP contribution in [0.2, 0.25) is 5.15 Å². The van der Waals surface area contributed by atoms with Gasteiger partial charge >= 0.3 is 6.18 Å². The lowest BCUT2D eigenvalue weighted by Gasteiger charge is -2.18. The van der Waals surface area contributed by atoms with Crippen molar-refractivity contribution < 1.29 is 18.3 Å². The van der Waals surface area contributed by atoms with E-state index in [-0.39, 0.29) is 29.0 Å². The fourth-order valence-corrected chi connectivity index (χ4v) is 2.07. The highest BCUT2D eigenvalue weighted by molar-refractivity contribution is 6.29. The average Bonchev–Trinajstić information content (AvgIpc) is 2.43. The molecule has 0 amide bonds. The topological polar surface area (TPSA) is 84.1 Å². The lowest BCUT2D eigenvalue weighted by Crippen LogP contribution is -2.18. The molecule has 0 aliphatic carbocycles. The number of aliphatic hydroxyl groups is 1. The summed E-state index contributed by atoms with van der Waals surface area (Å²) in [6.07, 6.45) is -5.92. The molecule has 0 saturated carbocycles. The molecule has 22 heavy (non-hydrogen) atoms. The van der Waals surface area contributed by atoms with Crippen LogP contribution in [0.5, 0.6) is 0 Å². The number of alkyl halides is 3. The number of anilines is 2. The summed E-state index contributed by atoms with van der Waals surface area (Å²) in [5.74, 6) is 0.126. The molecule has 0 radical (unpaired) electrons. The molecule has 1 atom stereocenters. The zero-order valence-corrected chi connectivity index (χ0v) is 11.9. The second-order valence-corrected chi connectivity index (χ2v) is 4.80. The molecule has 5 nitrogen and oxygen atoms in total. The average molecular weight is 333 g/mol. The van der Waals surface area contributed by atoms with E-state index < -0.39 is 17.8 Å². The summed E-state index contributed by atoms with van der Waals surface area (Å²) in [5, 5.41) is 12.7. The van der Waals surface area contributed by atoms with Gasteiger partial charge in [-0.15, -0.1) is 0 Å². The van der Waals surface area contributed by atoms with E-state index in [0.29, 0.717) is 0 Å². The van der Waals surface area contributed by atoms with Crippen LogP contribution in [0.3, 0.4) is 0 Å². The van der Waals surface area contributed by atoms with Crippen LogP contribution in [0.15, 0.2) is 30.3 Å². The van der Waals surface area contributed by atoms with Gasteiger partial charge in [-0.25, -0.2) is 4.98 Å². The Kier molecular flexibility index (Phi) is 4.72. The van der Waals surface area contributed by atoms with Gasteiger partial charge in [-0.3, -0.25) is 0 Å². The van der Waals surface area contributed by atoms with E-state index in [1.54, 1.807) is 0 Å². The number of hydrogen-bond acceptors (Lipinski definition) is 5. The van der Waals surface area contributed by atoms with Crippen molar-refractivity contribution in [2.75, 3.05) is 17.6 Å². The molecule has 118 valence electrons. The number of aliphatic hydroxyl groups excluding tert-OH is 1. The van der Waals surface area contributed by atoms with Gasteiger partial charge in [0.05, 0.1) is 11.7 Å². The number of benzene rings is 1. The lowest BCUT2D eigenvalue weighted by molar-refractivity contribution is -0.139. The van der Waals surface area contributed by atoms with Gasteiger partial charge in [-0.2, -0.15) is 18.2 Å². The van der Waals surface area contributed by atoms with Gasteiger partial charge < -0.3 is 16.2 Å². The number of nitrogens with zero attached hydrogens (tertiary/aromatic N) is 2. The van der Waals surface area contributed by atoms with Crippen molar-refractivity contribution in [1.82, 2.24) is 9.97 Å². The zero-order valence-electron chi connectivity index (χ0n) is 11.1. The monoisotopic (exact) mass is 332 g/mol. The first-order valence-electron chi connectivity index (χ1n) is 6.15. The molecule has 9 heteroatoms. The van der Waals surface area contributed by atoms with Crippen LogP contribution < -0.4 is 11.1 Å². The van der Waals surface area contributed by atoms with Crippen molar-refractivity contribution in [3.63, 3.8) is 0 Å². The number of hydrogen-bond donors (Lipinski definition) is 3. The smallest absolute Gasteiger partial charge is 0.387 e. The summed E-state index contributed by atoms with van der Waals surface area (Å²) in [5.41, 5.74) is 4.29. The fourth-order valence-electron chi connectivity index (χ4n) is 1.88. The Bertz CT molecular complexity index is 646. The number of aromatic nitrogens is 2. The number of halogens is 4. The van der Waals surface area contributed by atoms with Gasteiger partial charge in [-0.05, 0) is 11.6 Å². The Morgan fingerprint density at radius 1 is 1.27 bits per heavy atom. The molecule has 2 rings (SSSR count). The van der Waals surface area contributed by atoms with Crippen molar-refractivity contribution in [3.8, 4) is 0 Å². The number of nitrogen functional groups attached to an aromatic ring is 1. The van der Waals surface area contributed by atoms with Gasteiger partial charge in [-0.1, -0.05) is 29.8 Å². The Balaban J connectivity index is 2.14. The molecule has 4 N–H and O–H groups in total. The Hall–Kier alpha value is -2.06. The van der Waals surface area contributed by atoms with Gasteiger partial charge in [0.15, 0.2) is 0 Å². The summed E-state index contributed by atoms with van der Waals surface area (Å²) >= 11 is 5.69. The van der Waals surface area contributed by atoms with Crippen molar-refractivity contribution in [2.24, 2.45) is 0 Å². The highest BCUT2D eigenvalue weighted by atomic mass is 35.5. The third kappa shape index (κ3) is 3.99. The van der Waals surface area contributed by atoms with E-state index in [0.717, 1.165) is 6.07 Å². The number of nitrogens with one attached hydrogen (secondary N) is 1. The highest BCUT2D eigenvalue weighted by Crippen LogP contribution is 2.34. The van der Waals surface area contributed by atoms with E-state index in [1.807, 2.05) is 0 Å². The Morgan fingerprint density at radius 3 is 2.59 bits per heavy atom. The first-order chi connectivity index (χ1) is 10.3. The van der Waals surface area contributed by atoms with Crippen LogP contribution in [0.25, 0.3) is 0 Å². The maximum Gasteiger partial charge on any atom is 0.416 e. The molecule has 0 aliphatic rings. The summed E-state index contributed by atoms with van der Waals surface area (Å²) in [7, 11) is 0. The molecule has 1 aromatic carbocycles. The zero-order chi connectivity index (χ0) is 16.3. The maximum atomic E-state index is 12.9. The predicted molar refractivity (Wildman–Crippen MR) is 76.3 cm³/mol.